The van der Waals surface area contributed by atoms with E-state index < -0.39 is 0 Å². The molecule has 2 N–H and O–H groups in total. The van der Waals surface area contributed by atoms with Crippen molar-refractivity contribution < 1.29 is 4.74 Å². The SMILES string of the molecule is CCOc1ccc2[nH]c(=S)[nH]c2c1.Cl. The third-order valence-electron chi connectivity index (χ3n) is 1.80. The predicted octanol–water partition coefficient (Wildman–Crippen LogP) is 3.05. The molecule has 3 nitrogen and oxygen atoms in total. The molecule has 0 fully saturated rings. The summed E-state index contributed by atoms with van der Waals surface area (Å²) >= 11 is 4.97. The minimum absolute atomic E-state index is 0. The third kappa shape index (κ3) is 2.08. The van der Waals surface area contributed by atoms with E-state index in [0.29, 0.717) is 11.4 Å². The van der Waals surface area contributed by atoms with E-state index in [4.69, 9.17) is 17.0 Å². The van der Waals surface area contributed by atoms with Gasteiger partial charge < -0.3 is 14.7 Å². The van der Waals surface area contributed by atoms with Gasteiger partial charge in [0.05, 0.1) is 17.6 Å². The molecule has 0 saturated carbocycles. The number of hydrogen-bond acceptors (Lipinski definition) is 2. The van der Waals surface area contributed by atoms with E-state index in [1.807, 2.05) is 25.1 Å². The molecule has 76 valence electrons. The Kier molecular flexibility index (Phi) is 3.55. The Balaban J connectivity index is 0.000000980. The van der Waals surface area contributed by atoms with E-state index in [1.54, 1.807) is 0 Å². The van der Waals surface area contributed by atoms with Crippen molar-refractivity contribution in [1.29, 1.82) is 0 Å². The molecule has 0 aliphatic rings. The van der Waals surface area contributed by atoms with E-state index in [-0.39, 0.29) is 12.4 Å². The first kappa shape index (κ1) is 11.1. The molecule has 0 amide bonds. The van der Waals surface area contributed by atoms with Crippen molar-refractivity contribution in [3.63, 3.8) is 0 Å². The lowest BCUT2D eigenvalue weighted by Gasteiger charge is -2.01. The second-order valence-corrected chi connectivity index (χ2v) is 3.13. The third-order valence-corrected chi connectivity index (χ3v) is 2.00. The molecule has 0 atom stereocenters. The molecule has 2 rings (SSSR count). The smallest absolute Gasteiger partial charge is 0.175 e. The summed E-state index contributed by atoms with van der Waals surface area (Å²) in [6, 6.07) is 5.81. The highest BCUT2D eigenvalue weighted by atomic mass is 35.5. The summed E-state index contributed by atoms with van der Waals surface area (Å²) in [5.41, 5.74) is 1.99. The lowest BCUT2D eigenvalue weighted by atomic mass is 10.3. The predicted molar refractivity (Wildman–Crippen MR) is 61.9 cm³/mol. The molecule has 0 spiro atoms. The van der Waals surface area contributed by atoms with E-state index in [1.165, 1.54) is 0 Å². The number of imidazole rings is 1. The van der Waals surface area contributed by atoms with Crippen molar-refractivity contribution in [2.24, 2.45) is 0 Å². The van der Waals surface area contributed by atoms with Crippen LogP contribution >= 0.6 is 24.6 Å². The second-order valence-electron chi connectivity index (χ2n) is 2.72. The molecule has 14 heavy (non-hydrogen) atoms. The molecule has 5 heteroatoms. The van der Waals surface area contributed by atoms with Gasteiger partial charge in [-0.15, -0.1) is 12.4 Å². The molecule has 0 radical (unpaired) electrons. The van der Waals surface area contributed by atoms with Gasteiger partial charge >= 0.3 is 0 Å². The van der Waals surface area contributed by atoms with Gasteiger partial charge in [-0.25, -0.2) is 0 Å². The fraction of sp³-hybridized carbons (Fsp3) is 0.222. The van der Waals surface area contributed by atoms with Gasteiger partial charge in [-0.05, 0) is 31.3 Å². The average Bonchev–Trinajstić information content (AvgIpc) is 2.44. The van der Waals surface area contributed by atoms with Crippen LogP contribution in [0.25, 0.3) is 11.0 Å². The van der Waals surface area contributed by atoms with Crippen molar-refractivity contribution in [2.45, 2.75) is 6.92 Å². The highest BCUT2D eigenvalue weighted by molar-refractivity contribution is 7.71. The van der Waals surface area contributed by atoms with Gasteiger partial charge in [0.2, 0.25) is 0 Å². The Morgan fingerprint density at radius 1 is 1.29 bits per heavy atom. The summed E-state index contributed by atoms with van der Waals surface area (Å²) in [5.74, 6) is 0.861. The summed E-state index contributed by atoms with van der Waals surface area (Å²) in [6.07, 6.45) is 0. The normalized spacial score (nSPS) is 9.79. The molecule has 0 unspecified atom stereocenters. The van der Waals surface area contributed by atoms with Crippen molar-refractivity contribution in [1.82, 2.24) is 9.97 Å². The van der Waals surface area contributed by atoms with E-state index in [0.717, 1.165) is 16.8 Å². The summed E-state index contributed by atoms with van der Waals surface area (Å²) < 4.78 is 6.00. The first-order chi connectivity index (χ1) is 6.29. The molecule has 0 saturated heterocycles. The maximum Gasteiger partial charge on any atom is 0.175 e. The molecular weight excluding hydrogens is 220 g/mol. The number of ether oxygens (including phenoxy) is 1. The Morgan fingerprint density at radius 2 is 2.00 bits per heavy atom. The van der Waals surface area contributed by atoms with Crippen LogP contribution in [0.1, 0.15) is 6.92 Å². The number of nitrogens with one attached hydrogen (secondary N) is 2. The van der Waals surface area contributed by atoms with Crippen molar-refractivity contribution in [3.05, 3.63) is 23.0 Å². The number of benzene rings is 1. The zero-order valence-corrected chi connectivity index (χ0v) is 9.30. The van der Waals surface area contributed by atoms with Crippen LogP contribution in [0.5, 0.6) is 5.75 Å². The van der Waals surface area contributed by atoms with E-state index >= 15 is 0 Å². The molecule has 1 aromatic carbocycles. The van der Waals surface area contributed by atoms with Crippen LogP contribution in [0.3, 0.4) is 0 Å². The molecule has 1 aromatic heterocycles. The van der Waals surface area contributed by atoms with Crippen molar-refractivity contribution in [3.8, 4) is 5.75 Å². The van der Waals surface area contributed by atoms with E-state index in [9.17, 15) is 0 Å². The largest absolute Gasteiger partial charge is 0.494 e. The summed E-state index contributed by atoms with van der Waals surface area (Å²) in [7, 11) is 0. The molecule has 0 aliphatic carbocycles. The Hall–Kier alpha value is -1.00. The number of hydrogen-bond donors (Lipinski definition) is 2. The molecule has 2 aromatic rings. The van der Waals surface area contributed by atoms with Gasteiger partial charge in [0.15, 0.2) is 4.77 Å². The number of aromatic amines is 2. The molecular formula is C9H11ClN2OS. The summed E-state index contributed by atoms with van der Waals surface area (Å²) in [4.78, 5) is 6.07. The summed E-state index contributed by atoms with van der Waals surface area (Å²) in [5, 5.41) is 0. The fourth-order valence-electron chi connectivity index (χ4n) is 1.27. The number of halogens is 1. The maximum atomic E-state index is 5.36. The van der Waals surface area contributed by atoms with Crippen LogP contribution in [0.4, 0.5) is 0 Å². The van der Waals surface area contributed by atoms with Crippen molar-refractivity contribution >= 4 is 35.7 Å². The lowest BCUT2D eigenvalue weighted by Crippen LogP contribution is -1.90. The van der Waals surface area contributed by atoms with Crippen LogP contribution in [-0.2, 0) is 0 Å². The first-order valence-electron chi connectivity index (χ1n) is 4.14. The van der Waals surface area contributed by atoms with Crippen molar-refractivity contribution in [2.75, 3.05) is 6.61 Å². The van der Waals surface area contributed by atoms with Gasteiger partial charge in [0, 0.05) is 6.07 Å². The minimum Gasteiger partial charge on any atom is -0.494 e. The number of rotatable bonds is 2. The highest BCUT2D eigenvalue weighted by Gasteiger charge is 1.97. The van der Waals surface area contributed by atoms with Gasteiger partial charge in [0.25, 0.3) is 0 Å². The van der Waals surface area contributed by atoms with Crippen LogP contribution < -0.4 is 4.74 Å². The number of H-pyrrole nitrogens is 2. The Morgan fingerprint density at radius 3 is 2.71 bits per heavy atom. The van der Waals surface area contributed by atoms with Crippen LogP contribution in [0.2, 0.25) is 0 Å². The second kappa shape index (κ2) is 4.48. The van der Waals surface area contributed by atoms with Crippen LogP contribution in [0.15, 0.2) is 18.2 Å². The van der Waals surface area contributed by atoms with Gasteiger partial charge in [-0.2, -0.15) is 0 Å². The topological polar surface area (TPSA) is 40.8 Å². The van der Waals surface area contributed by atoms with Gasteiger partial charge in [-0.3, -0.25) is 0 Å². The number of fused-ring (bicyclic) bond motifs is 1. The molecule has 1 heterocycles. The maximum absolute atomic E-state index is 5.36. The van der Waals surface area contributed by atoms with Crippen LogP contribution in [0, 0.1) is 4.77 Å². The monoisotopic (exact) mass is 230 g/mol. The van der Waals surface area contributed by atoms with Gasteiger partial charge in [-0.1, -0.05) is 0 Å². The lowest BCUT2D eigenvalue weighted by molar-refractivity contribution is 0.340. The number of aromatic nitrogens is 2. The Bertz CT molecular complexity index is 477. The minimum atomic E-state index is 0. The fourth-order valence-corrected chi connectivity index (χ4v) is 1.49. The quantitative estimate of drug-likeness (QED) is 0.779. The zero-order chi connectivity index (χ0) is 9.26. The van der Waals surface area contributed by atoms with Gasteiger partial charge in [0.1, 0.15) is 5.75 Å². The van der Waals surface area contributed by atoms with E-state index in [2.05, 4.69) is 9.97 Å². The molecule has 0 bridgehead atoms. The zero-order valence-electron chi connectivity index (χ0n) is 7.66. The highest BCUT2D eigenvalue weighted by Crippen LogP contribution is 2.17. The Labute approximate surface area is 92.9 Å². The van der Waals surface area contributed by atoms with Crippen LogP contribution in [-0.4, -0.2) is 16.6 Å². The molecule has 0 aliphatic heterocycles. The average molecular weight is 231 g/mol. The summed E-state index contributed by atoms with van der Waals surface area (Å²) in [6.45, 7) is 2.64. The first-order valence-corrected chi connectivity index (χ1v) is 4.55. The standard InChI is InChI=1S/C9H10N2OS.ClH/c1-2-12-6-3-4-7-8(5-6)11-9(13)10-7;/h3-5H,2H2,1H3,(H2,10,11,13);1H.